The van der Waals surface area contributed by atoms with Gasteiger partial charge in [0.2, 0.25) is 0 Å². The van der Waals surface area contributed by atoms with E-state index in [1.54, 1.807) is 12.1 Å². The molecule has 0 aliphatic carbocycles. The molecule has 5 heteroatoms. The van der Waals surface area contributed by atoms with E-state index in [4.69, 9.17) is 5.73 Å². The fraction of sp³-hybridized carbons (Fsp3) is 0. The Morgan fingerprint density at radius 3 is 2.29 bits per heavy atom. The Labute approximate surface area is 126 Å². The number of nitrogens with one attached hydrogen (secondary N) is 1. The molecule has 3 aromatic rings. The van der Waals surface area contributed by atoms with Crippen molar-refractivity contribution in [3.8, 4) is 11.3 Å². The quantitative estimate of drug-likeness (QED) is 0.775. The van der Waals surface area contributed by atoms with Crippen LogP contribution in [0.4, 0.5) is 10.1 Å². The van der Waals surface area contributed by atoms with Crippen molar-refractivity contribution < 1.29 is 4.79 Å². The summed E-state index contributed by atoms with van der Waals surface area (Å²) in [5, 5.41) is 3.87. The third-order valence-electron chi connectivity index (χ3n) is 2.96. The van der Waals surface area contributed by atoms with Crippen molar-refractivity contribution in [2.75, 3.05) is 11.1 Å². The number of anilines is 2. The lowest BCUT2D eigenvalue weighted by Gasteiger charge is -2.00. The number of nitrogens with two attached hydrogens (primary N) is 1. The lowest BCUT2D eigenvalue weighted by Crippen LogP contribution is -2.11. The first-order valence-corrected chi connectivity index (χ1v) is 7.24. The summed E-state index contributed by atoms with van der Waals surface area (Å²) in [6.07, 6.45) is 0. The van der Waals surface area contributed by atoms with Gasteiger partial charge in [-0.15, -0.1) is 0 Å². The van der Waals surface area contributed by atoms with E-state index in [9.17, 15) is 4.79 Å². The van der Waals surface area contributed by atoms with Gasteiger partial charge in [-0.2, -0.15) is 0 Å². The molecule has 1 heterocycles. The van der Waals surface area contributed by atoms with Gasteiger partial charge in [0.15, 0.2) is 5.13 Å². The number of nitrogens with zero attached hydrogens (tertiary/aromatic N) is 1. The van der Waals surface area contributed by atoms with Crippen molar-refractivity contribution in [2.24, 2.45) is 0 Å². The number of aromatic nitrogens is 1. The maximum atomic E-state index is 12.1. The van der Waals surface area contributed by atoms with Gasteiger partial charge in [-0.3, -0.25) is 10.1 Å². The number of amides is 1. The minimum atomic E-state index is -0.191. The number of benzene rings is 2. The Morgan fingerprint density at radius 1 is 1.00 bits per heavy atom. The summed E-state index contributed by atoms with van der Waals surface area (Å²) in [6, 6.07) is 18.7. The van der Waals surface area contributed by atoms with E-state index in [-0.39, 0.29) is 5.91 Å². The van der Waals surface area contributed by atoms with Crippen LogP contribution in [-0.2, 0) is 0 Å². The van der Waals surface area contributed by atoms with Crippen LogP contribution in [0, 0.1) is 0 Å². The number of carbonyl (C=O) groups excluding carboxylic acids is 1. The molecule has 0 saturated heterocycles. The molecule has 0 aliphatic heterocycles. The molecule has 0 unspecified atom stereocenters. The molecule has 0 fully saturated rings. The molecular formula is C16H13N3OS. The largest absolute Gasteiger partial charge is 0.389 e. The molecular weight excluding hydrogens is 282 g/mol. The molecule has 0 aliphatic rings. The summed E-state index contributed by atoms with van der Waals surface area (Å²) < 4.78 is 0. The van der Waals surface area contributed by atoms with E-state index < -0.39 is 0 Å². The number of thiazole rings is 1. The Bertz CT molecular complexity index is 754. The van der Waals surface area contributed by atoms with Gasteiger partial charge in [-0.1, -0.05) is 59.9 Å². The smallest absolute Gasteiger partial charge is 0.257 e. The average Bonchev–Trinajstić information content (AvgIpc) is 2.89. The molecule has 3 rings (SSSR count). The van der Waals surface area contributed by atoms with Gasteiger partial charge in [0.1, 0.15) is 10.7 Å². The van der Waals surface area contributed by atoms with E-state index in [2.05, 4.69) is 10.3 Å². The number of hydrogen-bond donors (Lipinski definition) is 2. The summed E-state index contributed by atoms with van der Waals surface area (Å²) >= 11 is 1.27. The molecule has 0 radical (unpaired) electrons. The number of nitrogen functional groups attached to an aromatic ring is 1. The first-order valence-electron chi connectivity index (χ1n) is 6.42. The summed E-state index contributed by atoms with van der Waals surface area (Å²) in [7, 11) is 0. The van der Waals surface area contributed by atoms with Gasteiger partial charge in [0.05, 0.1) is 0 Å². The summed E-state index contributed by atoms with van der Waals surface area (Å²) in [4.78, 5) is 16.5. The molecule has 21 heavy (non-hydrogen) atoms. The fourth-order valence-corrected chi connectivity index (χ4v) is 2.70. The molecule has 0 bridgehead atoms. The first kappa shape index (κ1) is 13.3. The van der Waals surface area contributed by atoms with E-state index in [1.807, 2.05) is 48.5 Å². The van der Waals surface area contributed by atoms with Crippen LogP contribution in [0.3, 0.4) is 0 Å². The second kappa shape index (κ2) is 5.76. The van der Waals surface area contributed by atoms with E-state index >= 15 is 0 Å². The maximum Gasteiger partial charge on any atom is 0.257 e. The number of carbonyl (C=O) groups is 1. The average molecular weight is 295 g/mol. The summed E-state index contributed by atoms with van der Waals surface area (Å²) in [5.74, 6) is -0.191. The minimum Gasteiger partial charge on any atom is -0.389 e. The Balaban J connectivity index is 1.84. The second-order valence-electron chi connectivity index (χ2n) is 4.42. The van der Waals surface area contributed by atoms with Gasteiger partial charge in [-0.25, -0.2) is 4.98 Å². The molecule has 3 N–H and O–H groups in total. The predicted molar refractivity (Wildman–Crippen MR) is 86.4 cm³/mol. The number of hydrogen-bond acceptors (Lipinski definition) is 4. The molecule has 0 spiro atoms. The van der Waals surface area contributed by atoms with E-state index in [0.29, 0.717) is 21.4 Å². The Hall–Kier alpha value is -2.66. The molecule has 1 aromatic heterocycles. The third kappa shape index (κ3) is 2.93. The van der Waals surface area contributed by atoms with Crippen LogP contribution in [-0.4, -0.2) is 10.9 Å². The molecule has 0 saturated carbocycles. The zero-order valence-corrected chi connectivity index (χ0v) is 11.9. The first-order chi connectivity index (χ1) is 10.2. The van der Waals surface area contributed by atoms with E-state index in [1.165, 1.54) is 11.3 Å². The molecule has 104 valence electrons. The van der Waals surface area contributed by atoms with Gasteiger partial charge < -0.3 is 5.73 Å². The monoisotopic (exact) mass is 295 g/mol. The van der Waals surface area contributed by atoms with Crippen LogP contribution in [0.2, 0.25) is 0 Å². The lowest BCUT2D eigenvalue weighted by atomic mass is 10.2. The van der Waals surface area contributed by atoms with Gasteiger partial charge >= 0.3 is 0 Å². The van der Waals surface area contributed by atoms with Crippen LogP contribution in [0.1, 0.15) is 10.4 Å². The lowest BCUT2D eigenvalue weighted by molar-refractivity contribution is 0.102. The van der Waals surface area contributed by atoms with Crippen LogP contribution < -0.4 is 11.1 Å². The molecule has 2 aromatic carbocycles. The highest BCUT2D eigenvalue weighted by atomic mass is 32.1. The van der Waals surface area contributed by atoms with E-state index in [0.717, 1.165) is 5.56 Å². The normalized spacial score (nSPS) is 10.3. The second-order valence-corrected chi connectivity index (χ2v) is 5.45. The molecule has 0 atom stereocenters. The van der Waals surface area contributed by atoms with Gasteiger partial charge in [-0.05, 0) is 12.1 Å². The van der Waals surface area contributed by atoms with Crippen molar-refractivity contribution in [3.63, 3.8) is 0 Å². The molecule has 4 nitrogen and oxygen atoms in total. The van der Waals surface area contributed by atoms with Crippen molar-refractivity contribution in [3.05, 3.63) is 66.2 Å². The fourth-order valence-electron chi connectivity index (χ4n) is 1.95. The van der Waals surface area contributed by atoms with Crippen LogP contribution >= 0.6 is 11.3 Å². The zero-order chi connectivity index (χ0) is 14.7. The van der Waals surface area contributed by atoms with Crippen molar-refractivity contribution in [1.29, 1.82) is 0 Å². The van der Waals surface area contributed by atoms with Gasteiger partial charge in [0, 0.05) is 11.1 Å². The summed E-state index contributed by atoms with van der Waals surface area (Å²) in [5.41, 5.74) is 8.22. The Morgan fingerprint density at radius 2 is 1.62 bits per heavy atom. The van der Waals surface area contributed by atoms with Gasteiger partial charge in [0.25, 0.3) is 5.91 Å². The van der Waals surface area contributed by atoms with Crippen molar-refractivity contribution in [1.82, 2.24) is 4.98 Å². The Kier molecular flexibility index (Phi) is 3.66. The highest BCUT2D eigenvalue weighted by Gasteiger charge is 2.13. The van der Waals surface area contributed by atoms with Crippen LogP contribution in [0.15, 0.2) is 60.7 Å². The third-order valence-corrected chi connectivity index (χ3v) is 3.76. The standard InChI is InChI=1S/C16H13N3OS/c17-14-13(11-7-3-1-4-8-11)18-16(21-14)19-15(20)12-9-5-2-6-10-12/h1-10H,17H2,(H,18,19,20). The zero-order valence-electron chi connectivity index (χ0n) is 11.1. The van der Waals surface area contributed by atoms with Crippen LogP contribution in [0.25, 0.3) is 11.3 Å². The summed E-state index contributed by atoms with van der Waals surface area (Å²) in [6.45, 7) is 0. The molecule has 1 amide bonds. The maximum absolute atomic E-state index is 12.1. The topological polar surface area (TPSA) is 68.0 Å². The predicted octanol–water partition coefficient (Wildman–Crippen LogP) is 3.64. The SMILES string of the molecule is Nc1sc(NC(=O)c2ccccc2)nc1-c1ccccc1. The minimum absolute atomic E-state index is 0.191. The highest BCUT2D eigenvalue weighted by Crippen LogP contribution is 2.33. The number of rotatable bonds is 3. The van der Waals surface area contributed by atoms with Crippen molar-refractivity contribution >= 4 is 27.4 Å². The highest BCUT2D eigenvalue weighted by molar-refractivity contribution is 7.20. The van der Waals surface area contributed by atoms with Crippen LogP contribution in [0.5, 0.6) is 0 Å². The van der Waals surface area contributed by atoms with Crippen molar-refractivity contribution in [2.45, 2.75) is 0 Å².